The van der Waals surface area contributed by atoms with Gasteiger partial charge in [-0.15, -0.1) is 0 Å². The molecule has 1 aliphatic rings. The molecule has 0 aromatic heterocycles. The highest BCUT2D eigenvalue weighted by Crippen LogP contribution is 2.68. The minimum Gasteiger partial charge on any atom is -0.0590 e. The van der Waals surface area contributed by atoms with E-state index in [1.165, 1.54) is 55.6 Å². The first-order valence-corrected chi connectivity index (χ1v) is 11.2. The molecule has 0 fully saturated rings. The summed E-state index contributed by atoms with van der Waals surface area (Å²) in [7, 11) is 0. The zero-order valence-corrected chi connectivity index (χ0v) is 21.5. The Labute approximate surface area is 180 Å². The lowest BCUT2D eigenvalue weighted by atomic mass is 9.48. The largest absolute Gasteiger partial charge is 0.0590 e. The fourth-order valence-electron chi connectivity index (χ4n) is 6.94. The number of fused-ring (bicyclic) bond motifs is 3. The molecule has 0 heteroatoms. The van der Waals surface area contributed by atoms with Crippen molar-refractivity contribution in [2.45, 2.75) is 102 Å². The lowest BCUT2D eigenvalue weighted by Gasteiger charge is -2.54. The molecule has 0 nitrogen and oxygen atoms in total. The highest BCUT2D eigenvalue weighted by Gasteiger charge is 2.59. The van der Waals surface area contributed by atoms with Crippen LogP contribution in [0, 0.1) is 66.2 Å². The van der Waals surface area contributed by atoms with Crippen LogP contribution in [0.3, 0.4) is 0 Å². The molecule has 2 aromatic rings. The summed E-state index contributed by atoms with van der Waals surface area (Å²) in [4.78, 5) is 0. The normalized spacial score (nSPS) is 15.5. The Balaban J connectivity index is 2.82. The first kappa shape index (κ1) is 22.1. The van der Waals surface area contributed by atoms with Gasteiger partial charge in [0.15, 0.2) is 0 Å². The van der Waals surface area contributed by atoms with Gasteiger partial charge in [0.05, 0.1) is 0 Å². The molecule has 0 amide bonds. The van der Waals surface area contributed by atoms with Crippen molar-refractivity contribution in [1.29, 1.82) is 0 Å². The molecule has 0 atom stereocenters. The number of hydrogen-bond acceptors (Lipinski definition) is 0. The van der Waals surface area contributed by atoms with Gasteiger partial charge in [0.1, 0.15) is 0 Å². The molecule has 2 aromatic carbocycles. The van der Waals surface area contributed by atoms with Crippen LogP contribution in [0.1, 0.15) is 97.2 Å². The van der Waals surface area contributed by atoms with E-state index in [1.54, 1.807) is 11.1 Å². The molecule has 0 N–H and O–H groups in total. The monoisotopic (exact) mass is 390 g/mol. The highest BCUT2D eigenvalue weighted by atomic mass is 14.6. The predicted molar refractivity (Wildman–Crippen MR) is 129 cm³/mol. The second-order valence-corrected chi connectivity index (χ2v) is 11.8. The van der Waals surface area contributed by atoms with Gasteiger partial charge in [0.25, 0.3) is 0 Å². The van der Waals surface area contributed by atoms with Crippen LogP contribution < -0.4 is 0 Å². The van der Waals surface area contributed by atoms with Crippen LogP contribution in [0.15, 0.2) is 0 Å². The first-order chi connectivity index (χ1) is 13.0. The van der Waals surface area contributed by atoms with Gasteiger partial charge in [-0.25, -0.2) is 0 Å². The van der Waals surface area contributed by atoms with Gasteiger partial charge < -0.3 is 0 Å². The predicted octanol–water partition coefficient (Wildman–Crippen LogP) is 8.51. The number of benzene rings is 2. The van der Waals surface area contributed by atoms with Crippen molar-refractivity contribution in [2.75, 3.05) is 0 Å². The van der Waals surface area contributed by atoms with Gasteiger partial charge in [-0.1, -0.05) is 41.5 Å². The maximum Gasteiger partial charge on any atom is 0.0317 e. The lowest BCUT2D eigenvalue weighted by Crippen LogP contribution is -2.51. The summed E-state index contributed by atoms with van der Waals surface area (Å²) in [5, 5.41) is 0. The molecule has 0 saturated heterocycles. The quantitative estimate of drug-likeness (QED) is 0.423. The second-order valence-electron chi connectivity index (χ2n) is 11.8. The van der Waals surface area contributed by atoms with E-state index in [1.807, 2.05) is 0 Å². The fourth-order valence-corrected chi connectivity index (χ4v) is 6.94. The third-order valence-corrected chi connectivity index (χ3v) is 8.62. The Hall–Kier alpha value is -1.56. The maximum atomic E-state index is 2.46. The van der Waals surface area contributed by atoms with E-state index >= 15 is 0 Å². The minimum atomic E-state index is -0.0364. The molecule has 1 aliphatic carbocycles. The van der Waals surface area contributed by atoms with Crippen molar-refractivity contribution in [2.24, 2.45) is 10.8 Å². The summed E-state index contributed by atoms with van der Waals surface area (Å²) < 4.78 is 0. The molecule has 0 spiro atoms. The molecule has 0 aliphatic heterocycles. The van der Waals surface area contributed by atoms with Crippen LogP contribution in [-0.4, -0.2) is 0 Å². The Morgan fingerprint density at radius 3 is 0.862 bits per heavy atom. The van der Waals surface area contributed by atoms with Gasteiger partial charge in [-0.2, -0.15) is 0 Å². The fraction of sp³-hybridized carbons (Fsp3) is 0.586. The van der Waals surface area contributed by atoms with E-state index in [2.05, 4.69) is 96.9 Å². The molecule has 29 heavy (non-hydrogen) atoms. The zero-order valence-electron chi connectivity index (χ0n) is 21.5. The van der Waals surface area contributed by atoms with Crippen molar-refractivity contribution < 1.29 is 0 Å². The van der Waals surface area contributed by atoms with E-state index in [9.17, 15) is 0 Å². The van der Waals surface area contributed by atoms with Gasteiger partial charge in [0, 0.05) is 5.41 Å². The van der Waals surface area contributed by atoms with E-state index in [-0.39, 0.29) is 16.2 Å². The number of rotatable bonds is 0. The SMILES string of the molecule is Cc1c(C)c(C)c2c(c1C)-c1c(C)c(C)c(C)c(C)c1C2(C(C)(C)C)C(C)(C)C. The Morgan fingerprint density at radius 2 is 0.621 bits per heavy atom. The smallest absolute Gasteiger partial charge is 0.0317 e. The van der Waals surface area contributed by atoms with Crippen molar-refractivity contribution >= 4 is 0 Å². The molecule has 158 valence electrons. The van der Waals surface area contributed by atoms with Gasteiger partial charge >= 0.3 is 0 Å². The van der Waals surface area contributed by atoms with Crippen molar-refractivity contribution in [3.8, 4) is 11.1 Å². The summed E-state index contributed by atoms with van der Waals surface area (Å²) in [5.41, 5.74) is 18.2. The van der Waals surface area contributed by atoms with Gasteiger partial charge in [0.2, 0.25) is 0 Å². The minimum absolute atomic E-state index is 0.0364. The first-order valence-electron chi connectivity index (χ1n) is 11.2. The zero-order chi connectivity index (χ0) is 22.4. The second kappa shape index (κ2) is 6.22. The number of hydrogen-bond donors (Lipinski definition) is 0. The molecule has 0 saturated carbocycles. The van der Waals surface area contributed by atoms with Crippen molar-refractivity contribution in [1.82, 2.24) is 0 Å². The van der Waals surface area contributed by atoms with Gasteiger partial charge in [-0.05, 0) is 133 Å². The third kappa shape index (κ3) is 2.44. The van der Waals surface area contributed by atoms with Crippen LogP contribution in [0.25, 0.3) is 11.1 Å². The lowest BCUT2D eigenvalue weighted by molar-refractivity contribution is 0.0936. The van der Waals surface area contributed by atoms with E-state index < -0.39 is 0 Å². The van der Waals surface area contributed by atoms with E-state index in [0.717, 1.165) is 0 Å². The molecular formula is C29H42. The van der Waals surface area contributed by atoms with Crippen LogP contribution in [0.4, 0.5) is 0 Å². The van der Waals surface area contributed by atoms with Crippen LogP contribution in [-0.2, 0) is 5.41 Å². The summed E-state index contributed by atoms with van der Waals surface area (Å²) in [6.45, 7) is 33.5. The molecular weight excluding hydrogens is 348 g/mol. The molecule has 0 bridgehead atoms. The average molecular weight is 391 g/mol. The average Bonchev–Trinajstić information content (AvgIpc) is 2.94. The van der Waals surface area contributed by atoms with Gasteiger partial charge in [-0.3, -0.25) is 0 Å². The van der Waals surface area contributed by atoms with E-state index in [0.29, 0.717) is 0 Å². The molecule has 0 unspecified atom stereocenters. The highest BCUT2D eigenvalue weighted by molar-refractivity contribution is 5.91. The van der Waals surface area contributed by atoms with Crippen LogP contribution in [0.2, 0.25) is 0 Å². The molecule has 3 rings (SSSR count). The maximum absolute atomic E-state index is 2.46. The molecule has 0 heterocycles. The summed E-state index contributed by atoms with van der Waals surface area (Å²) in [5.74, 6) is 0. The molecule has 0 radical (unpaired) electrons. The summed E-state index contributed by atoms with van der Waals surface area (Å²) >= 11 is 0. The van der Waals surface area contributed by atoms with Crippen molar-refractivity contribution in [3.63, 3.8) is 0 Å². The van der Waals surface area contributed by atoms with E-state index in [4.69, 9.17) is 0 Å². The Bertz CT molecular complexity index is 945. The Kier molecular flexibility index (Phi) is 4.75. The van der Waals surface area contributed by atoms with Crippen LogP contribution >= 0.6 is 0 Å². The Morgan fingerprint density at radius 1 is 0.379 bits per heavy atom. The standard InChI is InChI=1S/C29H42/c1-15-17(3)21(7)25-23(19(15)5)24-20(6)16(2)18(4)22(8)26(24)29(25,27(9,10)11)28(12,13)14/h1-14H3. The van der Waals surface area contributed by atoms with Crippen LogP contribution in [0.5, 0.6) is 0 Å². The third-order valence-electron chi connectivity index (χ3n) is 8.62. The van der Waals surface area contributed by atoms with Crippen molar-refractivity contribution in [3.05, 3.63) is 55.6 Å². The topological polar surface area (TPSA) is 0 Å². The summed E-state index contributed by atoms with van der Waals surface area (Å²) in [6.07, 6.45) is 0. The summed E-state index contributed by atoms with van der Waals surface area (Å²) in [6, 6.07) is 0.